The first kappa shape index (κ1) is 9.22. The molecule has 0 spiro atoms. The number of nitrogens with two attached hydrogens (primary N) is 1. The van der Waals surface area contributed by atoms with Crippen molar-refractivity contribution >= 4 is 17.2 Å². The molecule has 0 saturated carbocycles. The lowest BCUT2D eigenvalue weighted by molar-refractivity contribution is 0.748. The maximum Gasteiger partial charge on any atom is 0.165 e. The second-order valence-electron chi connectivity index (χ2n) is 3.28. The van der Waals surface area contributed by atoms with Gasteiger partial charge in [-0.3, -0.25) is 0 Å². The van der Waals surface area contributed by atoms with Crippen LogP contribution in [0, 0.1) is 0 Å². The van der Waals surface area contributed by atoms with Crippen LogP contribution < -0.4 is 5.73 Å². The van der Waals surface area contributed by atoms with Gasteiger partial charge in [-0.05, 0) is 0 Å². The van der Waals surface area contributed by atoms with E-state index >= 15 is 0 Å². The van der Waals surface area contributed by atoms with E-state index in [4.69, 9.17) is 5.73 Å². The first-order valence-electron chi connectivity index (χ1n) is 4.63. The monoisotopic (exact) mass is 232 g/mol. The third-order valence-corrected chi connectivity index (χ3v) is 2.88. The first-order valence-corrected chi connectivity index (χ1v) is 5.57. The number of hydrogen-bond donors (Lipinski definition) is 1. The number of nitrogen functional groups attached to an aromatic ring is 1. The molecule has 0 saturated heterocycles. The Bertz CT molecular complexity index is 572. The molecule has 0 aliphatic carbocycles. The molecule has 0 atom stereocenters. The standard InChI is InChI=1S/C9H8N6S/c10-8-7-9(12-3-11-7)15(4-13-8)1-6-2-16-5-14-6/h2-5H,1,10H2. The summed E-state index contributed by atoms with van der Waals surface area (Å²) < 4.78 is 1.88. The van der Waals surface area contributed by atoms with Gasteiger partial charge in [0.15, 0.2) is 11.6 Å². The van der Waals surface area contributed by atoms with E-state index in [1.54, 1.807) is 23.2 Å². The molecule has 2 N–H and O–H groups in total. The van der Waals surface area contributed by atoms with Gasteiger partial charge in [-0.15, -0.1) is 11.3 Å². The molecule has 1 aromatic rings. The van der Waals surface area contributed by atoms with Gasteiger partial charge in [0.05, 0.1) is 24.1 Å². The van der Waals surface area contributed by atoms with Gasteiger partial charge in [-0.1, -0.05) is 0 Å². The Morgan fingerprint density at radius 1 is 1.25 bits per heavy atom. The summed E-state index contributed by atoms with van der Waals surface area (Å²) in [6, 6.07) is 0. The zero-order valence-corrected chi connectivity index (χ0v) is 9.05. The van der Waals surface area contributed by atoms with Crippen LogP contribution in [0.25, 0.3) is 11.5 Å². The van der Waals surface area contributed by atoms with Crippen molar-refractivity contribution in [2.24, 2.45) is 0 Å². The van der Waals surface area contributed by atoms with Gasteiger partial charge in [-0.25, -0.2) is 19.9 Å². The highest BCUT2D eigenvalue weighted by molar-refractivity contribution is 7.07. The van der Waals surface area contributed by atoms with Crippen molar-refractivity contribution in [1.29, 1.82) is 0 Å². The van der Waals surface area contributed by atoms with Crippen LogP contribution in [0.1, 0.15) is 5.69 Å². The van der Waals surface area contributed by atoms with Crippen LogP contribution in [0.3, 0.4) is 0 Å². The number of imidazole rings is 1. The summed E-state index contributed by atoms with van der Waals surface area (Å²) in [5, 5.41) is 1.99. The molecule has 2 aliphatic heterocycles. The summed E-state index contributed by atoms with van der Waals surface area (Å²) in [6.07, 6.45) is 3.14. The molecule has 1 aromatic heterocycles. The van der Waals surface area contributed by atoms with Crippen LogP contribution in [0.5, 0.6) is 0 Å². The normalized spacial score (nSPS) is 11.0. The summed E-state index contributed by atoms with van der Waals surface area (Å²) >= 11 is 1.56. The minimum absolute atomic E-state index is 0.405. The van der Waals surface area contributed by atoms with E-state index in [-0.39, 0.29) is 0 Å². The topological polar surface area (TPSA) is 82.5 Å². The highest BCUT2D eigenvalue weighted by Gasteiger charge is 2.14. The second kappa shape index (κ2) is 3.53. The Morgan fingerprint density at radius 2 is 2.19 bits per heavy atom. The number of nitrogens with zero attached hydrogens (tertiary/aromatic N) is 5. The van der Waals surface area contributed by atoms with Crippen molar-refractivity contribution < 1.29 is 0 Å². The maximum atomic E-state index is 5.70. The molecule has 0 unspecified atom stereocenters. The Morgan fingerprint density at radius 3 is 3.00 bits per heavy atom. The van der Waals surface area contributed by atoms with Crippen molar-refractivity contribution in [3.63, 3.8) is 0 Å². The molecule has 0 fully saturated rings. The molecule has 6 nitrogen and oxygen atoms in total. The fourth-order valence-electron chi connectivity index (χ4n) is 1.50. The molecular formula is C9H8N6S. The van der Waals surface area contributed by atoms with Crippen LogP contribution >= 0.6 is 11.3 Å². The summed E-state index contributed by atoms with van der Waals surface area (Å²) in [5.41, 5.74) is 9.12. The third-order valence-electron chi connectivity index (χ3n) is 2.25. The molecule has 16 heavy (non-hydrogen) atoms. The summed E-state index contributed by atoms with van der Waals surface area (Å²) in [4.78, 5) is 16.5. The molecule has 3 heterocycles. The predicted octanol–water partition coefficient (Wildman–Crippen LogP) is 0.865. The zero-order chi connectivity index (χ0) is 11.0. The molecule has 80 valence electrons. The number of anilines is 1. The van der Waals surface area contributed by atoms with E-state index in [1.165, 1.54) is 6.33 Å². The van der Waals surface area contributed by atoms with Gasteiger partial charge < -0.3 is 10.3 Å². The fraction of sp³-hybridized carbons (Fsp3) is 0.111. The molecule has 3 rings (SSSR count). The molecule has 0 bridgehead atoms. The number of hydrogen-bond acceptors (Lipinski definition) is 6. The quantitative estimate of drug-likeness (QED) is 0.708. The van der Waals surface area contributed by atoms with Crippen LogP contribution in [0.15, 0.2) is 23.5 Å². The zero-order valence-electron chi connectivity index (χ0n) is 8.24. The van der Waals surface area contributed by atoms with Crippen LogP contribution in [0.2, 0.25) is 0 Å². The third kappa shape index (κ3) is 1.41. The van der Waals surface area contributed by atoms with E-state index in [2.05, 4.69) is 19.9 Å². The maximum absolute atomic E-state index is 5.70. The lowest BCUT2D eigenvalue weighted by atomic mass is 10.3. The first-order chi connectivity index (χ1) is 7.84. The van der Waals surface area contributed by atoms with Gasteiger partial charge in [-0.2, -0.15) is 0 Å². The van der Waals surface area contributed by atoms with E-state index in [9.17, 15) is 0 Å². The number of aromatic nitrogens is 5. The number of thiazole rings is 1. The minimum atomic E-state index is 0.405. The van der Waals surface area contributed by atoms with Crippen LogP contribution in [-0.2, 0) is 6.54 Å². The summed E-state index contributed by atoms with van der Waals surface area (Å²) in [7, 11) is 0. The lowest BCUT2D eigenvalue weighted by Gasteiger charge is -2.09. The van der Waals surface area contributed by atoms with Gasteiger partial charge in [0.25, 0.3) is 0 Å². The van der Waals surface area contributed by atoms with E-state index in [0.29, 0.717) is 18.1 Å². The largest absolute Gasteiger partial charge is 0.382 e. The molecular weight excluding hydrogens is 224 g/mol. The average Bonchev–Trinajstić information content (AvgIpc) is 2.92. The molecule has 2 aliphatic rings. The van der Waals surface area contributed by atoms with Crippen molar-refractivity contribution in [1.82, 2.24) is 24.5 Å². The second-order valence-corrected chi connectivity index (χ2v) is 4.00. The SMILES string of the molecule is Nc1ncn(Cc2cscn2)c2ncnc1-2. The van der Waals surface area contributed by atoms with Gasteiger partial charge in [0, 0.05) is 5.38 Å². The fourth-order valence-corrected chi connectivity index (χ4v) is 2.05. The van der Waals surface area contributed by atoms with Gasteiger partial charge in [0.2, 0.25) is 0 Å². The highest BCUT2D eigenvalue weighted by Crippen LogP contribution is 2.21. The van der Waals surface area contributed by atoms with Crippen molar-refractivity contribution in [3.8, 4) is 11.5 Å². The molecule has 0 radical (unpaired) electrons. The van der Waals surface area contributed by atoms with Gasteiger partial charge >= 0.3 is 0 Å². The van der Waals surface area contributed by atoms with Gasteiger partial charge in [0.1, 0.15) is 12.0 Å². The Kier molecular flexibility index (Phi) is 2.03. The smallest absolute Gasteiger partial charge is 0.165 e. The van der Waals surface area contributed by atoms with Crippen molar-refractivity contribution in [3.05, 3.63) is 29.2 Å². The Balaban J connectivity index is 2.05. The van der Waals surface area contributed by atoms with Crippen LogP contribution in [-0.4, -0.2) is 24.5 Å². The van der Waals surface area contributed by atoms with Crippen molar-refractivity contribution in [2.45, 2.75) is 6.54 Å². The van der Waals surface area contributed by atoms with E-state index in [0.717, 1.165) is 11.5 Å². The predicted molar refractivity (Wildman–Crippen MR) is 60.1 cm³/mol. The molecule has 0 amide bonds. The summed E-state index contributed by atoms with van der Waals surface area (Å²) in [6.45, 7) is 0.631. The Labute approximate surface area is 95.2 Å². The van der Waals surface area contributed by atoms with E-state index in [1.807, 2.05) is 9.95 Å². The van der Waals surface area contributed by atoms with E-state index < -0.39 is 0 Å². The van der Waals surface area contributed by atoms with Crippen LogP contribution in [0.4, 0.5) is 5.82 Å². The minimum Gasteiger partial charge on any atom is -0.382 e. The average molecular weight is 232 g/mol. The lowest BCUT2D eigenvalue weighted by Crippen LogP contribution is -2.09. The highest BCUT2D eigenvalue weighted by atomic mass is 32.1. The van der Waals surface area contributed by atoms with Crippen molar-refractivity contribution in [2.75, 3.05) is 5.73 Å². The number of fused-ring (bicyclic) bond motifs is 1. The Hall–Kier alpha value is -2.02. The molecule has 0 aromatic carbocycles. The number of rotatable bonds is 2. The summed E-state index contributed by atoms with van der Waals surface area (Å²) in [5.74, 6) is 1.14. The molecule has 7 heteroatoms.